The van der Waals surface area contributed by atoms with Crippen molar-refractivity contribution in [1.29, 1.82) is 0 Å². The molecule has 214 valence electrons. The summed E-state index contributed by atoms with van der Waals surface area (Å²) in [7, 11) is -4.67. The van der Waals surface area contributed by atoms with Gasteiger partial charge in [0.05, 0.1) is 32.0 Å². The number of hydrogen-bond donors (Lipinski definition) is 6. The maximum absolute atomic E-state index is 12.8. The number of nitrogen functional groups attached to an aromatic ring is 2. The quantitative estimate of drug-likeness (QED) is 0.130. The fraction of sp³-hybridized carbons (Fsp3) is 0.500. The molecule has 2 aliphatic heterocycles. The van der Waals surface area contributed by atoms with E-state index in [9.17, 15) is 24.5 Å². The number of anilines is 2. The van der Waals surface area contributed by atoms with Gasteiger partial charge in [0.15, 0.2) is 28.9 Å². The lowest BCUT2D eigenvalue weighted by Crippen LogP contribution is -2.27. The molecule has 4 aromatic heterocycles. The van der Waals surface area contributed by atoms with Crippen LogP contribution in [0.15, 0.2) is 23.8 Å². The molecule has 19 nitrogen and oxygen atoms in total. The van der Waals surface area contributed by atoms with Crippen LogP contribution >= 0.6 is 7.82 Å². The number of nitrogens with two attached hydrogens (primary N) is 2. The van der Waals surface area contributed by atoms with Crippen molar-refractivity contribution in [3.8, 4) is 0 Å². The van der Waals surface area contributed by atoms with E-state index in [0.29, 0.717) is 11.2 Å². The number of aliphatic hydroxyl groups is 2. The molecule has 6 heterocycles. The van der Waals surface area contributed by atoms with E-state index in [1.54, 1.807) is 4.57 Å². The number of aliphatic hydroxyl groups excluding tert-OH is 2. The molecular weight excluding hydrogens is 555 g/mol. The summed E-state index contributed by atoms with van der Waals surface area (Å²) in [6.07, 6.45) is -1.49. The first-order valence-corrected chi connectivity index (χ1v) is 13.5. The summed E-state index contributed by atoms with van der Waals surface area (Å²) in [4.78, 5) is 45.0. The van der Waals surface area contributed by atoms with Crippen LogP contribution in [0.5, 0.6) is 0 Å². The van der Waals surface area contributed by atoms with Crippen molar-refractivity contribution in [1.82, 2.24) is 39.0 Å². The second-order valence-electron chi connectivity index (χ2n) is 9.27. The number of aromatic nitrogens is 8. The number of phosphoric acid groups is 1. The molecule has 20 heteroatoms. The van der Waals surface area contributed by atoms with Gasteiger partial charge in [0, 0.05) is 12.8 Å². The van der Waals surface area contributed by atoms with Crippen molar-refractivity contribution in [2.24, 2.45) is 0 Å². The SMILES string of the molecule is Nc1nc2c(ncn2[C@@H]2O[C@H](COP(=O)(O)O[C@H]3C[C@H](n4cnc5c(N)ncnc54)O[C@@H]3CO)C[C@H]2O)c(=O)[nH]1. The summed E-state index contributed by atoms with van der Waals surface area (Å²) < 4.78 is 37.8. The number of phosphoric ester groups is 1. The first-order chi connectivity index (χ1) is 19.1. The number of ether oxygens (including phenoxy) is 2. The number of nitrogens with zero attached hydrogens (tertiary/aromatic N) is 7. The van der Waals surface area contributed by atoms with Crippen LogP contribution in [-0.4, -0.2) is 91.8 Å². The highest BCUT2D eigenvalue weighted by molar-refractivity contribution is 7.47. The lowest BCUT2D eigenvalue weighted by molar-refractivity contribution is -0.0558. The zero-order chi connectivity index (χ0) is 28.2. The first kappa shape index (κ1) is 26.7. The Hall–Kier alpha value is -3.55. The zero-order valence-corrected chi connectivity index (χ0v) is 21.4. The van der Waals surface area contributed by atoms with Gasteiger partial charge in [-0.3, -0.25) is 28.0 Å². The Kier molecular flexibility index (Phi) is 6.75. The molecule has 0 saturated carbocycles. The minimum atomic E-state index is -4.67. The molecule has 1 unspecified atom stereocenters. The Labute approximate surface area is 223 Å². The van der Waals surface area contributed by atoms with Gasteiger partial charge in [-0.1, -0.05) is 0 Å². The highest BCUT2D eigenvalue weighted by atomic mass is 31.2. The number of rotatable bonds is 8. The van der Waals surface area contributed by atoms with E-state index in [0.717, 1.165) is 0 Å². The number of fused-ring (bicyclic) bond motifs is 2. The van der Waals surface area contributed by atoms with Crippen molar-refractivity contribution in [2.75, 3.05) is 24.7 Å². The molecule has 7 atom stereocenters. The summed E-state index contributed by atoms with van der Waals surface area (Å²) >= 11 is 0. The van der Waals surface area contributed by atoms with E-state index in [1.165, 1.54) is 23.5 Å². The van der Waals surface area contributed by atoms with Gasteiger partial charge in [0.2, 0.25) is 5.95 Å². The van der Waals surface area contributed by atoms with Gasteiger partial charge < -0.3 is 36.0 Å². The van der Waals surface area contributed by atoms with Gasteiger partial charge in [0.1, 0.15) is 36.4 Å². The topological polar surface area (TPSA) is 274 Å². The maximum Gasteiger partial charge on any atom is 0.472 e. The summed E-state index contributed by atoms with van der Waals surface area (Å²) in [5.74, 6) is 0.0428. The van der Waals surface area contributed by atoms with Gasteiger partial charge in [-0.25, -0.2) is 24.5 Å². The second kappa shape index (κ2) is 10.1. The number of hydrogen-bond acceptors (Lipinski definition) is 15. The Bertz CT molecular complexity index is 1660. The van der Waals surface area contributed by atoms with Crippen LogP contribution in [0.25, 0.3) is 22.3 Å². The highest BCUT2D eigenvalue weighted by Crippen LogP contribution is 2.49. The largest absolute Gasteiger partial charge is 0.472 e. The van der Waals surface area contributed by atoms with Crippen molar-refractivity contribution >= 4 is 41.9 Å². The summed E-state index contributed by atoms with van der Waals surface area (Å²) in [6, 6.07) is 0. The predicted molar refractivity (Wildman–Crippen MR) is 133 cm³/mol. The Morgan fingerprint density at radius 2 is 1.88 bits per heavy atom. The van der Waals surface area contributed by atoms with E-state index in [1.807, 2.05) is 0 Å². The molecule has 6 rings (SSSR count). The lowest BCUT2D eigenvalue weighted by atomic mass is 10.2. The van der Waals surface area contributed by atoms with Crippen LogP contribution in [0.3, 0.4) is 0 Å². The number of aromatic amines is 1. The van der Waals surface area contributed by atoms with E-state index in [-0.39, 0.29) is 35.8 Å². The number of H-pyrrole nitrogens is 1. The fourth-order valence-corrected chi connectivity index (χ4v) is 5.80. The first-order valence-electron chi connectivity index (χ1n) is 12.0. The van der Waals surface area contributed by atoms with E-state index in [4.69, 9.17) is 30.0 Å². The molecule has 2 aliphatic rings. The van der Waals surface area contributed by atoms with Gasteiger partial charge >= 0.3 is 7.82 Å². The second-order valence-corrected chi connectivity index (χ2v) is 10.7. The molecule has 40 heavy (non-hydrogen) atoms. The number of nitrogens with one attached hydrogen (secondary N) is 1. The monoisotopic (exact) mass is 580 g/mol. The lowest BCUT2D eigenvalue weighted by Gasteiger charge is -2.21. The highest BCUT2D eigenvalue weighted by Gasteiger charge is 2.43. The van der Waals surface area contributed by atoms with Crippen LogP contribution in [0, 0.1) is 0 Å². The van der Waals surface area contributed by atoms with Crippen LogP contribution in [0.1, 0.15) is 25.3 Å². The molecule has 4 aromatic rings. The zero-order valence-electron chi connectivity index (χ0n) is 20.5. The van der Waals surface area contributed by atoms with Gasteiger partial charge in [-0.2, -0.15) is 4.98 Å². The standard InChI is InChI=1S/C20H25N10O9P/c21-15-13-16(24-5-23-15)29(6-25-13)12-2-10(11(3-31)38-12)39-40(34,35)36-4-8-1-9(32)19(37-8)30-7-26-14-17(30)27-20(22)28-18(14)33/h5-12,19,31-32H,1-4H2,(H,34,35)(H2,21,23,24)(H3,22,27,28,33)/t8-,9+,10-,11+,12+,19+/m0/s1. The third kappa shape index (κ3) is 4.82. The van der Waals surface area contributed by atoms with Crippen molar-refractivity contribution in [2.45, 2.75) is 49.7 Å². The molecule has 0 spiro atoms. The average molecular weight is 580 g/mol. The van der Waals surface area contributed by atoms with Crippen LogP contribution in [-0.2, 0) is 23.1 Å². The predicted octanol–water partition coefficient (Wildman–Crippen LogP) is -1.45. The Morgan fingerprint density at radius 3 is 2.67 bits per heavy atom. The van der Waals surface area contributed by atoms with Crippen molar-refractivity contribution in [3.05, 3.63) is 29.3 Å². The van der Waals surface area contributed by atoms with Crippen molar-refractivity contribution < 1.29 is 38.2 Å². The maximum atomic E-state index is 12.8. The average Bonchev–Trinajstić information content (AvgIpc) is 3.67. The molecule has 0 bridgehead atoms. The van der Waals surface area contributed by atoms with E-state index >= 15 is 0 Å². The van der Waals surface area contributed by atoms with Gasteiger partial charge in [0.25, 0.3) is 5.56 Å². The van der Waals surface area contributed by atoms with Crippen LogP contribution < -0.4 is 17.0 Å². The number of imidazole rings is 2. The molecule has 0 aromatic carbocycles. The smallest absolute Gasteiger partial charge is 0.394 e. The van der Waals surface area contributed by atoms with Crippen LogP contribution in [0.2, 0.25) is 0 Å². The van der Waals surface area contributed by atoms with E-state index < -0.39 is 63.5 Å². The molecule has 0 aliphatic carbocycles. The minimum Gasteiger partial charge on any atom is -0.394 e. The van der Waals surface area contributed by atoms with Gasteiger partial charge in [-0.05, 0) is 0 Å². The van der Waals surface area contributed by atoms with E-state index in [2.05, 4.69) is 29.9 Å². The molecule has 8 N–H and O–H groups in total. The van der Waals surface area contributed by atoms with Crippen LogP contribution in [0.4, 0.5) is 11.8 Å². The third-order valence-corrected chi connectivity index (χ3v) is 7.65. The molecular formula is C20H25N10O9P. The molecule has 0 amide bonds. The Morgan fingerprint density at radius 1 is 1.10 bits per heavy atom. The summed E-state index contributed by atoms with van der Waals surface area (Å²) in [6.45, 7) is -0.905. The van der Waals surface area contributed by atoms with Crippen molar-refractivity contribution in [3.63, 3.8) is 0 Å². The fourth-order valence-electron chi connectivity index (χ4n) is 4.82. The molecule has 2 saturated heterocycles. The molecule has 0 radical (unpaired) electrons. The Balaban J connectivity index is 1.10. The summed E-state index contributed by atoms with van der Waals surface area (Å²) in [5.41, 5.74) is 11.8. The molecule has 2 fully saturated rings. The minimum absolute atomic E-state index is 0.00749. The third-order valence-electron chi connectivity index (χ3n) is 6.64. The summed E-state index contributed by atoms with van der Waals surface area (Å²) in [5, 5.41) is 20.4. The van der Waals surface area contributed by atoms with Gasteiger partial charge in [-0.15, -0.1) is 0 Å². The normalized spacial score (nSPS) is 28.5.